The van der Waals surface area contributed by atoms with Gasteiger partial charge in [-0.05, 0) is 32.4 Å². The third-order valence-electron chi connectivity index (χ3n) is 5.70. The molecule has 9 nitrogen and oxygen atoms in total. The molecular weight excluding hydrogens is 576 g/mol. The highest BCUT2D eigenvalue weighted by Crippen LogP contribution is 2.44. The maximum atomic E-state index is 13.7. The van der Waals surface area contributed by atoms with Gasteiger partial charge in [-0.25, -0.2) is 4.98 Å². The number of nitrogens with one attached hydrogen (secondary N) is 1. The van der Waals surface area contributed by atoms with E-state index in [2.05, 4.69) is 20.5 Å². The van der Waals surface area contributed by atoms with Crippen molar-refractivity contribution in [3.8, 4) is 11.1 Å². The summed E-state index contributed by atoms with van der Waals surface area (Å²) in [5.41, 5.74) is 3.07. The first-order chi connectivity index (χ1) is 18.0. The van der Waals surface area contributed by atoms with Crippen LogP contribution >= 0.6 is 22.9 Å². The predicted octanol–water partition coefficient (Wildman–Crippen LogP) is 5.42. The minimum atomic E-state index is -4.87. The third-order valence-corrected chi connectivity index (χ3v) is 7.25. The molecule has 0 spiro atoms. The highest BCUT2D eigenvalue weighted by molar-refractivity contribution is 7.21. The quantitative estimate of drug-likeness (QED) is 0.289. The van der Waals surface area contributed by atoms with E-state index in [1.54, 1.807) is 13.8 Å². The van der Waals surface area contributed by atoms with E-state index in [0.29, 0.717) is 23.6 Å². The van der Waals surface area contributed by atoms with Crippen LogP contribution in [0.3, 0.4) is 0 Å². The van der Waals surface area contributed by atoms with E-state index in [1.807, 2.05) is 0 Å². The lowest BCUT2D eigenvalue weighted by molar-refractivity contribution is -0.142. The lowest BCUT2D eigenvalue weighted by Gasteiger charge is -2.12. The molecule has 0 atom stereocenters. The number of anilines is 1. The molecule has 4 heterocycles. The van der Waals surface area contributed by atoms with Crippen LogP contribution in [0, 0.1) is 13.8 Å². The first-order valence-corrected chi connectivity index (χ1v) is 12.2. The van der Waals surface area contributed by atoms with Gasteiger partial charge in [-0.1, -0.05) is 11.6 Å². The summed E-state index contributed by atoms with van der Waals surface area (Å²) in [5.74, 6) is -2.01. The fourth-order valence-corrected chi connectivity index (χ4v) is 5.12. The molecule has 0 aliphatic heterocycles. The molecule has 39 heavy (non-hydrogen) atoms. The van der Waals surface area contributed by atoms with Crippen LogP contribution in [0.1, 0.15) is 39.4 Å². The SMILES string of the molecule is CCn1cc(-c2cc(C(F)(F)F)nc3sc(C(N)=O)c(NC(=O)Cn4nc(C(F)(F)F)c(Cl)c4C)c23)c(C)n1. The number of pyridine rings is 1. The Hall–Kier alpha value is -3.66. The number of aromatic nitrogens is 5. The number of alkyl halides is 6. The monoisotopic (exact) mass is 593 g/mol. The number of rotatable bonds is 6. The molecule has 0 aliphatic rings. The van der Waals surface area contributed by atoms with Crippen LogP contribution in [0.25, 0.3) is 21.3 Å². The van der Waals surface area contributed by atoms with Gasteiger partial charge in [0.1, 0.15) is 21.9 Å². The van der Waals surface area contributed by atoms with Crippen molar-refractivity contribution in [2.45, 2.75) is 46.2 Å². The number of thiophene rings is 1. The lowest BCUT2D eigenvalue weighted by atomic mass is 10.0. The van der Waals surface area contributed by atoms with Crippen LogP contribution in [-0.2, 0) is 30.2 Å². The van der Waals surface area contributed by atoms with Crippen molar-refractivity contribution in [1.82, 2.24) is 24.5 Å². The maximum absolute atomic E-state index is 13.7. The number of hydrogen-bond donors (Lipinski definition) is 2. The summed E-state index contributed by atoms with van der Waals surface area (Å²) < 4.78 is 82.9. The highest BCUT2D eigenvalue weighted by atomic mass is 35.5. The first-order valence-electron chi connectivity index (χ1n) is 11.0. The fraction of sp³-hybridized carbons (Fsp3) is 0.318. The number of aryl methyl sites for hydroxylation is 2. The Kier molecular flexibility index (Phi) is 7.14. The van der Waals surface area contributed by atoms with E-state index < -0.39 is 47.1 Å². The molecular formula is C22H18ClF6N7O2S. The predicted molar refractivity (Wildman–Crippen MR) is 130 cm³/mol. The number of amides is 2. The Balaban J connectivity index is 1.88. The smallest absolute Gasteiger partial charge is 0.365 e. The van der Waals surface area contributed by atoms with Crippen molar-refractivity contribution in [3.63, 3.8) is 0 Å². The Bertz CT molecular complexity index is 1620. The van der Waals surface area contributed by atoms with Crippen LogP contribution in [0.5, 0.6) is 0 Å². The van der Waals surface area contributed by atoms with Gasteiger partial charge in [0.25, 0.3) is 5.91 Å². The molecule has 208 valence electrons. The Morgan fingerprint density at radius 2 is 1.77 bits per heavy atom. The minimum absolute atomic E-state index is 0.0138. The number of fused-ring (bicyclic) bond motifs is 1. The number of hydrogen-bond acceptors (Lipinski definition) is 6. The molecule has 0 bridgehead atoms. The molecule has 0 unspecified atom stereocenters. The number of nitrogens with two attached hydrogens (primary N) is 1. The van der Waals surface area contributed by atoms with Crippen molar-refractivity contribution in [2.75, 3.05) is 5.32 Å². The second-order valence-electron chi connectivity index (χ2n) is 8.34. The maximum Gasteiger partial charge on any atom is 0.436 e. The van der Waals surface area contributed by atoms with E-state index in [-0.39, 0.29) is 37.6 Å². The molecule has 3 N–H and O–H groups in total. The molecule has 4 aromatic rings. The van der Waals surface area contributed by atoms with Crippen LogP contribution in [-0.4, -0.2) is 36.4 Å². The van der Waals surface area contributed by atoms with Crippen molar-refractivity contribution < 1.29 is 35.9 Å². The average Bonchev–Trinajstić information content (AvgIpc) is 3.47. The summed E-state index contributed by atoms with van der Waals surface area (Å²) in [6.07, 6.45) is -8.21. The molecule has 0 radical (unpaired) electrons. The average molecular weight is 594 g/mol. The third kappa shape index (κ3) is 5.30. The van der Waals surface area contributed by atoms with E-state index in [0.717, 1.165) is 10.7 Å². The van der Waals surface area contributed by atoms with Crippen molar-refractivity contribution in [1.29, 1.82) is 0 Å². The van der Waals surface area contributed by atoms with Gasteiger partial charge >= 0.3 is 12.4 Å². The highest BCUT2D eigenvalue weighted by Gasteiger charge is 2.39. The van der Waals surface area contributed by atoms with Crippen LogP contribution < -0.4 is 11.1 Å². The van der Waals surface area contributed by atoms with E-state index in [9.17, 15) is 35.9 Å². The first kappa shape index (κ1) is 28.4. The molecule has 0 saturated carbocycles. The number of carbonyl (C=O) groups is 2. The number of primary amides is 1. The van der Waals surface area contributed by atoms with E-state index in [4.69, 9.17) is 17.3 Å². The summed E-state index contributed by atoms with van der Waals surface area (Å²) in [7, 11) is 0. The molecule has 4 rings (SSSR count). The summed E-state index contributed by atoms with van der Waals surface area (Å²) in [5, 5.41) is 9.31. The van der Waals surface area contributed by atoms with Gasteiger partial charge in [0.15, 0.2) is 5.69 Å². The summed E-state index contributed by atoms with van der Waals surface area (Å²) in [4.78, 5) is 28.3. The molecule has 4 aromatic heterocycles. The van der Waals surface area contributed by atoms with Crippen LogP contribution in [0.4, 0.5) is 32.0 Å². The zero-order valence-electron chi connectivity index (χ0n) is 20.3. The van der Waals surface area contributed by atoms with Crippen LogP contribution in [0.15, 0.2) is 12.3 Å². The Morgan fingerprint density at radius 1 is 1.10 bits per heavy atom. The van der Waals surface area contributed by atoms with Crippen LogP contribution in [0.2, 0.25) is 5.02 Å². The largest absolute Gasteiger partial charge is 0.436 e. The summed E-state index contributed by atoms with van der Waals surface area (Å²) in [6.45, 7) is 4.22. The summed E-state index contributed by atoms with van der Waals surface area (Å²) in [6, 6.07) is 0.770. The lowest BCUT2D eigenvalue weighted by Crippen LogP contribution is -2.22. The van der Waals surface area contributed by atoms with Gasteiger partial charge in [0.05, 0.1) is 22.1 Å². The van der Waals surface area contributed by atoms with Gasteiger partial charge in [-0.15, -0.1) is 11.3 Å². The second-order valence-corrected chi connectivity index (χ2v) is 9.72. The molecule has 0 fully saturated rings. The van der Waals surface area contributed by atoms with Crippen molar-refractivity contribution in [2.24, 2.45) is 5.73 Å². The molecule has 2 amide bonds. The molecule has 0 aliphatic carbocycles. The number of halogens is 7. The number of carbonyl (C=O) groups excluding carboxylic acids is 2. The fourth-order valence-electron chi connectivity index (χ4n) is 3.87. The number of nitrogens with zero attached hydrogens (tertiary/aromatic N) is 5. The Morgan fingerprint density at radius 3 is 2.28 bits per heavy atom. The normalized spacial score (nSPS) is 12.4. The van der Waals surface area contributed by atoms with E-state index in [1.165, 1.54) is 17.8 Å². The zero-order valence-corrected chi connectivity index (χ0v) is 21.8. The topological polar surface area (TPSA) is 121 Å². The standard InChI is InChI=1S/C22H18ClF6N7O2S/c1-4-35-6-11(8(2)33-35)10-5-12(21(24,25)26)31-20-14(10)16(17(39-20)19(30)38)32-13(37)7-36-9(3)15(23)18(34-36)22(27,28)29/h5-6H,4,7H2,1-3H3,(H2,30,38)(H,32,37). The minimum Gasteiger partial charge on any atom is -0.365 e. The molecule has 0 saturated heterocycles. The van der Waals surface area contributed by atoms with Gasteiger partial charge < -0.3 is 11.1 Å². The van der Waals surface area contributed by atoms with Gasteiger partial charge in [-0.2, -0.15) is 36.5 Å². The van der Waals surface area contributed by atoms with E-state index >= 15 is 0 Å². The van der Waals surface area contributed by atoms with Crippen molar-refractivity contribution >= 4 is 50.7 Å². The second kappa shape index (κ2) is 9.82. The van der Waals surface area contributed by atoms with Gasteiger partial charge in [0, 0.05) is 23.7 Å². The van der Waals surface area contributed by atoms with Crippen molar-refractivity contribution in [3.05, 3.63) is 44.9 Å². The molecule has 17 heteroatoms. The Labute approximate surface area is 224 Å². The zero-order chi connectivity index (χ0) is 29.0. The molecule has 0 aromatic carbocycles. The van der Waals surface area contributed by atoms with Gasteiger partial charge in [-0.3, -0.25) is 19.0 Å². The van der Waals surface area contributed by atoms with Gasteiger partial charge in [0.2, 0.25) is 5.91 Å². The summed E-state index contributed by atoms with van der Waals surface area (Å²) >= 11 is 6.27.